The number of nitriles is 1. The van der Waals surface area contributed by atoms with Crippen molar-refractivity contribution in [1.82, 2.24) is 14.8 Å². The molecule has 0 radical (unpaired) electrons. The molecule has 9 nitrogen and oxygen atoms in total. The minimum atomic E-state index is -0.642. The number of hydrogen-bond acceptors (Lipinski definition) is 7. The van der Waals surface area contributed by atoms with Crippen molar-refractivity contribution < 1.29 is 19.4 Å². The second-order valence-corrected chi connectivity index (χ2v) is 18.6. The minimum absolute atomic E-state index is 0.170. The molecule has 0 aromatic carbocycles. The number of fused-ring (bicyclic) bond motifs is 3. The van der Waals surface area contributed by atoms with Gasteiger partial charge in [-0.15, -0.1) is 0 Å². The Morgan fingerprint density at radius 1 is 1.17 bits per heavy atom. The largest absolute Gasteiger partial charge is 0.481 e. The zero-order chi connectivity index (χ0) is 35.2. The van der Waals surface area contributed by atoms with Crippen LogP contribution in [0.25, 0.3) is 0 Å². The van der Waals surface area contributed by atoms with Crippen LogP contribution in [0.3, 0.4) is 0 Å². The molecule has 12 atom stereocenters. The first-order valence-electron chi connectivity index (χ1n) is 18.6. The number of aromatic nitrogens is 3. The summed E-state index contributed by atoms with van der Waals surface area (Å²) >= 11 is 0. The van der Waals surface area contributed by atoms with Gasteiger partial charge in [-0.05, 0) is 91.3 Å². The van der Waals surface area contributed by atoms with Gasteiger partial charge in [0.2, 0.25) is 5.82 Å². The van der Waals surface area contributed by atoms with Gasteiger partial charge in [-0.1, -0.05) is 74.0 Å². The van der Waals surface area contributed by atoms with Crippen molar-refractivity contribution in [1.29, 1.82) is 5.26 Å². The molecule has 3 N–H and O–H groups in total. The standard InChI is InChI=1S/C39H61N5O4/c1-23(2)25(5)34(6)15-16-36(8)26-11-12-29-35(7)19-47-21-39(29,27(26)13-14-37(36,9)31(34)33(45)46)17-28(44-30(18-40)42-22-43-44)32(35)48-20-38(10,41)24(3)4/h13,22-26,28-29,31-32H,11-12,14-17,19-21,41H2,1-10H3,(H,45,46)/t25-,26+,28-,29+,31-,32+,34-,35-,36-,37+,38+,39+/m1/s1. The summed E-state index contributed by atoms with van der Waals surface area (Å²) < 4.78 is 15.4. The quantitative estimate of drug-likeness (QED) is 0.283. The Hall–Kier alpha value is -2.28. The number of rotatable bonds is 8. The maximum Gasteiger partial charge on any atom is 0.307 e. The van der Waals surface area contributed by atoms with Gasteiger partial charge >= 0.3 is 5.97 Å². The van der Waals surface area contributed by atoms with Crippen LogP contribution in [0.1, 0.15) is 120 Å². The van der Waals surface area contributed by atoms with Crippen molar-refractivity contribution in [3.05, 3.63) is 23.8 Å². The first kappa shape index (κ1) is 35.5. The van der Waals surface area contributed by atoms with Crippen LogP contribution in [-0.2, 0) is 14.3 Å². The van der Waals surface area contributed by atoms with Crippen molar-refractivity contribution in [2.75, 3.05) is 19.8 Å². The fourth-order valence-corrected chi connectivity index (χ4v) is 12.1. The summed E-state index contributed by atoms with van der Waals surface area (Å²) in [6.45, 7) is 23.9. The van der Waals surface area contributed by atoms with Crippen molar-refractivity contribution in [2.45, 2.75) is 125 Å². The van der Waals surface area contributed by atoms with Gasteiger partial charge in [-0.2, -0.15) is 10.4 Å². The Morgan fingerprint density at radius 3 is 2.50 bits per heavy atom. The van der Waals surface area contributed by atoms with Gasteiger partial charge in [-0.25, -0.2) is 9.67 Å². The summed E-state index contributed by atoms with van der Waals surface area (Å²) in [5.41, 5.74) is 6.27. The molecule has 4 fully saturated rings. The third-order valence-corrected chi connectivity index (χ3v) is 16.0. The van der Waals surface area contributed by atoms with E-state index in [0.717, 1.165) is 38.5 Å². The van der Waals surface area contributed by atoms with E-state index in [4.69, 9.17) is 15.2 Å². The van der Waals surface area contributed by atoms with Gasteiger partial charge in [0, 0.05) is 16.4 Å². The topological polar surface area (TPSA) is 136 Å². The summed E-state index contributed by atoms with van der Waals surface area (Å²) in [6.07, 6.45) is 9.16. The zero-order valence-electron chi connectivity index (χ0n) is 31.2. The maximum absolute atomic E-state index is 13.4. The van der Waals surface area contributed by atoms with E-state index in [1.54, 1.807) is 0 Å². The van der Waals surface area contributed by atoms with Crippen LogP contribution >= 0.6 is 0 Å². The van der Waals surface area contributed by atoms with Crippen LogP contribution in [-0.4, -0.2) is 57.3 Å². The van der Waals surface area contributed by atoms with Gasteiger partial charge < -0.3 is 20.3 Å². The molecule has 2 heterocycles. The number of ether oxygens (including phenoxy) is 2. The Labute approximate surface area is 288 Å². The predicted octanol–water partition coefficient (Wildman–Crippen LogP) is 7.04. The molecule has 4 aliphatic carbocycles. The van der Waals surface area contributed by atoms with Gasteiger partial charge in [0.15, 0.2) is 0 Å². The first-order valence-corrected chi connectivity index (χ1v) is 18.6. The highest BCUT2D eigenvalue weighted by molar-refractivity contribution is 5.73. The van der Waals surface area contributed by atoms with Crippen molar-refractivity contribution in [3.63, 3.8) is 0 Å². The van der Waals surface area contributed by atoms with E-state index >= 15 is 0 Å². The molecule has 2 bridgehead atoms. The fourth-order valence-electron chi connectivity index (χ4n) is 12.1. The molecule has 266 valence electrons. The second-order valence-electron chi connectivity index (χ2n) is 18.6. The molecule has 0 unspecified atom stereocenters. The molecule has 0 amide bonds. The molecule has 1 saturated heterocycles. The molecule has 0 spiro atoms. The summed E-state index contributed by atoms with van der Waals surface area (Å²) in [5, 5.41) is 25.8. The predicted molar refractivity (Wildman–Crippen MR) is 185 cm³/mol. The highest BCUT2D eigenvalue weighted by Gasteiger charge is 2.72. The molecule has 9 heteroatoms. The second kappa shape index (κ2) is 11.6. The monoisotopic (exact) mass is 663 g/mol. The number of carboxylic acid groups (broad SMARTS) is 1. The molecule has 1 aliphatic heterocycles. The normalized spacial score (nSPS) is 44.1. The van der Waals surface area contributed by atoms with Gasteiger partial charge in [0.1, 0.15) is 12.4 Å². The average molecular weight is 664 g/mol. The van der Waals surface area contributed by atoms with E-state index in [9.17, 15) is 15.2 Å². The lowest BCUT2D eigenvalue weighted by Gasteiger charge is -2.71. The number of aliphatic carboxylic acids is 1. The summed E-state index contributed by atoms with van der Waals surface area (Å²) in [4.78, 5) is 17.8. The molecule has 1 aromatic heterocycles. The number of carboxylic acids is 1. The number of carbonyl (C=O) groups is 1. The van der Waals surface area contributed by atoms with Crippen LogP contribution in [0.4, 0.5) is 0 Å². The number of nitrogens with zero attached hydrogens (tertiary/aromatic N) is 4. The lowest BCUT2D eigenvalue weighted by atomic mass is 9.34. The minimum Gasteiger partial charge on any atom is -0.481 e. The summed E-state index contributed by atoms with van der Waals surface area (Å²) in [7, 11) is 0. The third kappa shape index (κ3) is 4.74. The number of allylic oxidation sites excluding steroid dienone is 1. The van der Waals surface area contributed by atoms with Crippen LogP contribution in [0.15, 0.2) is 18.0 Å². The summed E-state index contributed by atoms with van der Waals surface area (Å²) in [5.74, 6) is 0.734. The van der Waals surface area contributed by atoms with Crippen LogP contribution in [0, 0.1) is 73.9 Å². The van der Waals surface area contributed by atoms with Gasteiger partial charge in [-0.3, -0.25) is 4.79 Å². The lowest BCUT2D eigenvalue weighted by molar-refractivity contribution is -0.252. The van der Waals surface area contributed by atoms with Crippen LogP contribution < -0.4 is 5.73 Å². The third-order valence-electron chi connectivity index (χ3n) is 16.0. The van der Waals surface area contributed by atoms with Crippen molar-refractivity contribution in [2.24, 2.45) is 68.3 Å². The highest BCUT2D eigenvalue weighted by Crippen LogP contribution is 2.75. The van der Waals surface area contributed by atoms with Gasteiger partial charge in [0.05, 0.1) is 37.9 Å². The van der Waals surface area contributed by atoms with Crippen LogP contribution in [0.5, 0.6) is 0 Å². The molecule has 48 heavy (non-hydrogen) atoms. The smallest absolute Gasteiger partial charge is 0.307 e. The Kier molecular flexibility index (Phi) is 8.61. The van der Waals surface area contributed by atoms with Crippen molar-refractivity contribution >= 4 is 5.97 Å². The molecule has 1 aromatic rings. The van der Waals surface area contributed by atoms with E-state index in [2.05, 4.69) is 84.5 Å². The van der Waals surface area contributed by atoms with E-state index in [1.807, 2.05) is 11.6 Å². The molecule has 6 rings (SSSR count). The zero-order valence-corrected chi connectivity index (χ0v) is 31.2. The Balaban J connectivity index is 1.46. The highest BCUT2D eigenvalue weighted by atomic mass is 16.5. The summed E-state index contributed by atoms with van der Waals surface area (Å²) in [6, 6.07) is 2.07. The lowest BCUT2D eigenvalue weighted by Crippen LogP contribution is -2.69. The Bertz CT molecular complexity index is 1490. The molecule has 5 aliphatic rings. The average Bonchev–Trinajstić information content (AvgIpc) is 3.49. The number of nitrogens with two attached hydrogens (primary N) is 1. The van der Waals surface area contributed by atoms with Crippen LogP contribution in [0.2, 0.25) is 0 Å². The van der Waals surface area contributed by atoms with E-state index in [0.29, 0.717) is 43.4 Å². The van der Waals surface area contributed by atoms with E-state index < -0.39 is 17.4 Å². The molecule has 3 saturated carbocycles. The van der Waals surface area contributed by atoms with E-state index in [1.165, 1.54) is 11.9 Å². The molecular weight excluding hydrogens is 602 g/mol. The fraction of sp³-hybridized carbons (Fsp3) is 0.846. The Morgan fingerprint density at radius 2 is 1.88 bits per heavy atom. The first-order chi connectivity index (χ1) is 22.3. The van der Waals surface area contributed by atoms with Crippen molar-refractivity contribution in [3.8, 4) is 6.07 Å². The van der Waals surface area contributed by atoms with Gasteiger partial charge in [0.25, 0.3) is 0 Å². The van der Waals surface area contributed by atoms with E-state index in [-0.39, 0.29) is 51.1 Å². The number of hydrogen-bond donors (Lipinski definition) is 2. The SMILES string of the molecule is CC(C)[C@@H](C)[C@@]1(C)CC[C@]2(C)[C@H]3CC[C@@H]4[C@@]5(COC[C@@]4(C)[C@@H](OC[C@](C)(N)C(C)C)[C@H](n4ncnc4C#N)C5)C3=CC[C@@]2(C)[C@@H]1C(=O)O. The molecular formula is C39H61N5O4. The maximum atomic E-state index is 13.4.